The van der Waals surface area contributed by atoms with E-state index >= 15 is 0 Å². The summed E-state index contributed by atoms with van der Waals surface area (Å²) in [5, 5.41) is 41.7. The minimum atomic E-state index is -1.18. The monoisotopic (exact) mass is 268 g/mol. The molecule has 0 heterocycles. The number of aliphatic hydroxyl groups excluding tert-OH is 3. The van der Waals surface area contributed by atoms with Crippen LogP contribution in [0.4, 0.5) is 0 Å². The zero-order chi connectivity index (χ0) is 14.3. The fourth-order valence-electron chi connectivity index (χ4n) is 5.09. The fraction of sp³-hybridized carbons (Fsp3) is 0.867. The number of hydrogen-bond donors (Lipinski definition) is 4. The fourth-order valence-corrected chi connectivity index (χ4v) is 5.09. The Bertz CT molecular complexity index is 445. The Balaban J connectivity index is 2.12. The molecule has 0 bridgehead atoms. The van der Waals surface area contributed by atoms with Crippen molar-refractivity contribution in [3.8, 4) is 0 Å². The molecule has 0 aliphatic heterocycles. The molecule has 3 aliphatic rings. The lowest BCUT2D eigenvalue weighted by atomic mass is 9.35. The maximum atomic E-state index is 11.0. The van der Waals surface area contributed by atoms with Crippen molar-refractivity contribution < 1.29 is 20.4 Å². The van der Waals surface area contributed by atoms with Crippen LogP contribution in [0.2, 0.25) is 0 Å². The lowest BCUT2D eigenvalue weighted by molar-refractivity contribution is -0.331. The standard InChI is InChI=1S/C15H24O4/c1-12(2)6-9-14(8-16)5-4-10(17)13(14,3)7-11(18)15(9,12)19/h4-5,9-11,16-19H,6-8H2,1-3H3/t9-,10+,11+,13-,14+,15-/m1/s1. The Hall–Kier alpha value is -0.420. The first-order valence-corrected chi connectivity index (χ1v) is 7.04. The maximum absolute atomic E-state index is 11.0. The van der Waals surface area contributed by atoms with Crippen LogP contribution in [0.1, 0.15) is 33.6 Å². The van der Waals surface area contributed by atoms with E-state index in [-0.39, 0.29) is 17.9 Å². The average Bonchev–Trinajstić information content (AvgIpc) is 2.59. The molecule has 0 unspecified atom stereocenters. The van der Waals surface area contributed by atoms with Gasteiger partial charge in [0.25, 0.3) is 0 Å². The molecule has 6 atom stereocenters. The minimum absolute atomic E-state index is 0.104. The van der Waals surface area contributed by atoms with Crippen molar-refractivity contribution in [3.63, 3.8) is 0 Å². The number of aliphatic hydroxyl groups is 4. The highest BCUT2D eigenvalue weighted by Gasteiger charge is 2.76. The zero-order valence-corrected chi connectivity index (χ0v) is 11.8. The topological polar surface area (TPSA) is 80.9 Å². The predicted molar refractivity (Wildman–Crippen MR) is 70.2 cm³/mol. The van der Waals surface area contributed by atoms with E-state index < -0.39 is 28.6 Å². The SMILES string of the molecule is CC1(C)C[C@H]2[C@@]1(O)[C@@H](O)C[C@]1(C)[C@@H](O)C=C[C@]21CO. The van der Waals surface area contributed by atoms with Crippen molar-refractivity contribution in [1.82, 2.24) is 0 Å². The second kappa shape index (κ2) is 3.42. The summed E-state index contributed by atoms with van der Waals surface area (Å²) in [4.78, 5) is 0. The van der Waals surface area contributed by atoms with E-state index in [1.165, 1.54) is 0 Å². The molecule has 0 spiro atoms. The Morgan fingerprint density at radius 3 is 2.32 bits per heavy atom. The van der Waals surface area contributed by atoms with Crippen LogP contribution in [-0.4, -0.2) is 44.8 Å². The molecule has 4 nitrogen and oxygen atoms in total. The minimum Gasteiger partial charge on any atom is -0.395 e. The van der Waals surface area contributed by atoms with Crippen LogP contribution >= 0.6 is 0 Å². The van der Waals surface area contributed by atoms with E-state index in [0.29, 0.717) is 6.42 Å². The van der Waals surface area contributed by atoms with Crippen LogP contribution in [0.3, 0.4) is 0 Å². The molecule has 0 aromatic heterocycles. The molecule has 3 rings (SSSR count). The van der Waals surface area contributed by atoms with Gasteiger partial charge in [-0.2, -0.15) is 0 Å². The van der Waals surface area contributed by atoms with E-state index in [9.17, 15) is 20.4 Å². The molecule has 2 saturated carbocycles. The summed E-state index contributed by atoms with van der Waals surface area (Å²) in [6.07, 6.45) is 3.09. The third-order valence-corrected chi connectivity index (χ3v) is 6.63. The molecule has 4 heteroatoms. The number of rotatable bonds is 1. The van der Waals surface area contributed by atoms with Crippen LogP contribution in [-0.2, 0) is 0 Å². The molecule has 108 valence electrons. The molecular formula is C15H24O4. The molecule has 0 aromatic rings. The van der Waals surface area contributed by atoms with Crippen LogP contribution in [0, 0.1) is 22.2 Å². The Morgan fingerprint density at radius 2 is 1.79 bits per heavy atom. The predicted octanol–water partition coefficient (Wildman–Crippen LogP) is 0.444. The quantitative estimate of drug-likeness (QED) is 0.520. The second-order valence-electron chi connectivity index (χ2n) is 7.61. The molecule has 3 aliphatic carbocycles. The zero-order valence-electron chi connectivity index (χ0n) is 11.8. The number of hydrogen-bond acceptors (Lipinski definition) is 4. The van der Waals surface area contributed by atoms with E-state index in [1.807, 2.05) is 26.8 Å². The van der Waals surface area contributed by atoms with Crippen molar-refractivity contribution in [2.24, 2.45) is 22.2 Å². The highest BCUT2D eigenvalue weighted by Crippen LogP contribution is 2.72. The normalized spacial score (nSPS) is 58.4. The summed E-state index contributed by atoms with van der Waals surface area (Å²) in [6.45, 7) is 5.71. The van der Waals surface area contributed by atoms with Crippen LogP contribution in [0.25, 0.3) is 0 Å². The first-order valence-electron chi connectivity index (χ1n) is 7.04. The molecule has 0 saturated heterocycles. The summed E-state index contributed by atoms with van der Waals surface area (Å²) in [5.41, 5.74) is -2.77. The first kappa shape index (κ1) is 13.6. The second-order valence-corrected chi connectivity index (χ2v) is 7.61. The molecule has 2 fully saturated rings. The van der Waals surface area contributed by atoms with Gasteiger partial charge in [0.05, 0.1) is 24.4 Å². The molecule has 4 N–H and O–H groups in total. The van der Waals surface area contributed by atoms with Crippen molar-refractivity contribution in [2.75, 3.05) is 6.61 Å². The third kappa shape index (κ3) is 1.16. The van der Waals surface area contributed by atoms with Crippen LogP contribution in [0.15, 0.2) is 12.2 Å². The summed E-state index contributed by atoms with van der Waals surface area (Å²) < 4.78 is 0. The first-order chi connectivity index (χ1) is 8.66. The van der Waals surface area contributed by atoms with Gasteiger partial charge in [0, 0.05) is 16.7 Å². The summed E-state index contributed by atoms with van der Waals surface area (Å²) >= 11 is 0. The van der Waals surface area contributed by atoms with Gasteiger partial charge in [-0.05, 0) is 18.3 Å². The van der Waals surface area contributed by atoms with Gasteiger partial charge in [0.15, 0.2) is 0 Å². The Morgan fingerprint density at radius 1 is 1.16 bits per heavy atom. The molecule has 19 heavy (non-hydrogen) atoms. The van der Waals surface area contributed by atoms with Gasteiger partial charge in [-0.1, -0.05) is 32.9 Å². The van der Waals surface area contributed by atoms with E-state index in [4.69, 9.17) is 0 Å². The van der Waals surface area contributed by atoms with Crippen LogP contribution < -0.4 is 0 Å². The van der Waals surface area contributed by atoms with Gasteiger partial charge in [-0.15, -0.1) is 0 Å². The molecule has 0 amide bonds. The summed E-state index contributed by atoms with van der Waals surface area (Å²) in [6, 6.07) is 0. The molecular weight excluding hydrogens is 244 g/mol. The lowest BCUT2D eigenvalue weighted by Gasteiger charge is -2.71. The van der Waals surface area contributed by atoms with E-state index in [2.05, 4.69) is 0 Å². The van der Waals surface area contributed by atoms with Crippen molar-refractivity contribution >= 4 is 0 Å². The highest BCUT2D eigenvalue weighted by molar-refractivity contribution is 5.34. The maximum Gasteiger partial charge on any atom is 0.0993 e. The van der Waals surface area contributed by atoms with Crippen molar-refractivity contribution in [3.05, 3.63) is 12.2 Å². The Kier molecular flexibility index (Phi) is 2.44. The largest absolute Gasteiger partial charge is 0.395 e. The van der Waals surface area contributed by atoms with Crippen molar-refractivity contribution in [1.29, 1.82) is 0 Å². The lowest BCUT2D eigenvalue weighted by Crippen LogP contribution is -2.78. The Labute approximate surface area is 113 Å². The van der Waals surface area contributed by atoms with Gasteiger partial charge in [-0.3, -0.25) is 0 Å². The van der Waals surface area contributed by atoms with Gasteiger partial charge in [-0.25, -0.2) is 0 Å². The molecule has 0 aromatic carbocycles. The van der Waals surface area contributed by atoms with Gasteiger partial charge >= 0.3 is 0 Å². The summed E-state index contributed by atoms with van der Waals surface area (Å²) in [7, 11) is 0. The molecule has 0 radical (unpaired) electrons. The van der Waals surface area contributed by atoms with Gasteiger partial charge in [0.2, 0.25) is 0 Å². The van der Waals surface area contributed by atoms with E-state index in [1.54, 1.807) is 6.08 Å². The smallest absolute Gasteiger partial charge is 0.0993 e. The van der Waals surface area contributed by atoms with Gasteiger partial charge < -0.3 is 20.4 Å². The third-order valence-electron chi connectivity index (χ3n) is 6.63. The average molecular weight is 268 g/mol. The number of fused-ring (bicyclic) bond motifs is 3. The van der Waals surface area contributed by atoms with Crippen molar-refractivity contribution in [2.45, 2.75) is 51.4 Å². The van der Waals surface area contributed by atoms with Crippen LogP contribution in [0.5, 0.6) is 0 Å². The van der Waals surface area contributed by atoms with E-state index in [0.717, 1.165) is 6.42 Å². The summed E-state index contributed by atoms with van der Waals surface area (Å²) in [5.74, 6) is -0.206. The highest BCUT2D eigenvalue weighted by atomic mass is 16.3. The van der Waals surface area contributed by atoms with Gasteiger partial charge in [0.1, 0.15) is 0 Å².